The maximum absolute atomic E-state index is 12.7. The zero-order chi connectivity index (χ0) is 18.0. The van der Waals surface area contributed by atoms with Crippen LogP contribution in [0.2, 0.25) is 0 Å². The normalized spacial score (nSPS) is 14.7. The molecule has 1 aliphatic heterocycles. The summed E-state index contributed by atoms with van der Waals surface area (Å²) < 4.78 is 11.5. The number of hydrogen-bond donors (Lipinski definition) is 2. The minimum absolute atomic E-state index is 0.142. The fourth-order valence-corrected chi connectivity index (χ4v) is 2.85. The van der Waals surface area contributed by atoms with Crippen molar-refractivity contribution in [1.82, 2.24) is 0 Å². The van der Waals surface area contributed by atoms with Crippen LogP contribution in [0.3, 0.4) is 0 Å². The number of nitrogens with one attached hydrogen (secondary N) is 1. The minimum Gasteiger partial charge on any atom is -0.507 e. The smallest absolute Gasteiger partial charge is 0.231 e. The molecule has 0 spiro atoms. The number of phenolic OH excluding ortho intramolecular Hbond substituents is 1. The molecule has 0 aliphatic carbocycles. The van der Waals surface area contributed by atoms with Gasteiger partial charge in [-0.05, 0) is 31.2 Å². The number of rotatable bonds is 5. The fourth-order valence-electron chi connectivity index (χ4n) is 2.85. The first-order chi connectivity index (χ1) is 12.0. The minimum atomic E-state index is -0.184. The first-order valence-corrected chi connectivity index (χ1v) is 8.31. The number of Topliss-reactive ketones (excluding diaryl/α,β-unsaturated/α-hetero) is 1. The molecule has 130 valence electrons. The molecule has 5 heteroatoms. The summed E-state index contributed by atoms with van der Waals surface area (Å²) in [5, 5.41) is 10.2. The zero-order valence-electron chi connectivity index (χ0n) is 14.6. The van der Waals surface area contributed by atoms with Gasteiger partial charge in [-0.1, -0.05) is 18.2 Å². The van der Waals surface area contributed by atoms with Crippen molar-refractivity contribution in [3.8, 4) is 17.2 Å². The van der Waals surface area contributed by atoms with Crippen LogP contribution in [0.1, 0.15) is 28.4 Å². The summed E-state index contributed by atoms with van der Waals surface area (Å²) in [5.74, 6) is 1.35. The Hall–Kier alpha value is -2.79. The van der Waals surface area contributed by atoms with Gasteiger partial charge in [0.15, 0.2) is 11.5 Å². The molecule has 3 rings (SSSR count). The van der Waals surface area contributed by atoms with E-state index in [1.807, 2.05) is 45.3 Å². The zero-order valence-corrected chi connectivity index (χ0v) is 14.6. The van der Waals surface area contributed by atoms with E-state index >= 15 is 0 Å². The number of aromatic hydroxyl groups is 1. The third kappa shape index (κ3) is 3.37. The topological polar surface area (TPSA) is 60.2 Å². The van der Waals surface area contributed by atoms with E-state index in [4.69, 9.17) is 9.47 Å². The molecule has 2 N–H and O–H groups in total. The van der Waals surface area contributed by atoms with Crippen LogP contribution in [-0.4, -0.2) is 31.6 Å². The third-order valence-electron chi connectivity index (χ3n) is 3.95. The van der Waals surface area contributed by atoms with Gasteiger partial charge in [0.1, 0.15) is 18.0 Å². The monoisotopic (exact) mass is 340 g/mol. The molecule has 0 saturated carbocycles. The molecule has 0 bridgehead atoms. The molecule has 2 aromatic rings. The molecule has 0 saturated heterocycles. The Balaban J connectivity index is 2.01. The Morgan fingerprint density at radius 2 is 1.96 bits per heavy atom. The van der Waals surface area contributed by atoms with Crippen molar-refractivity contribution in [3.05, 3.63) is 58.8 Å². The quantitative estimate of drug-likeness (QED) is 0.818. The number of para-hydroxylation sites is 1. The summed E-state index contributed by atoms with van der Waals surface area (Å²) in [6, 6.07) is 10.7. The standard InChI is InChI=1S/C20H21NO4/c1-4-24-17-8-6-5-7-13(17)11-18-19(23)14-9-10-16(22)15(12-21(2)3)20(14)25-18/h5-11,22H,4,12H2,1-3H3/p+1/b18-11-. The number of ether oxygens (including phenoxy) is 2. The number of fused-ring (bicyclic) bond motifs is 1. The number of benzene rings is 2. The molecule has 0 amide bonds. The average molecular weight is 340 g/mol. The van der Waals surface area contributed by atoms with Crippen LogP contribution in [0.5, 0.6) is 17.2 Å². The van der Waals surface area contributed by atoms with Crippen molar-refractivity contribution in [2.24, 2.45) is 0 Å². The molecule has 2 aromatic carbocycles. The molecule has 0 fully saturated rings. The van der Waals surface area contributed by atoms with Gasteiger partial charge in [0.05, 0.1) is 31.8 Å². The first kappa shape index (κ1) is 17.0. The summed E-state index contributed by atoms with van der Waals surface area (Å²) in [4.78, 5) is 13.8. The number of carbonyl (C=O) groups is 1. The molecule has 25 heavy (non-hydrogen) atoms. The van der Waals surface area contributed by atoms with E-state index in [2.05, 4.69) is 0 Å². The van der Waals surface area contributed by atoms with Gasteiger partial charge in [-0.2, -0.15) is 0 Å². The van der Waals surface area contributed by atoms with Gasteiger partial charge in [0, 0.05) is 5.56 Å². The van der Waals surface area contributed by atoms with E-state index in [9.17, 15) is 9.90 Å². The van der Waals surface area contributed by atoms with E-state index in [0.717, 1.165) is 10.5 Å². The first-order valence-electron chi connectivity index (χ1n) is 8.31. The van der Waals surface area contributed by atoms with E-state index < -0.39 is 0 Å². The Labute approximate surface area is 147 Å². The lowest BCUT2D eigenvalue weighted by Gasteiger charge is -2.12. The maximum atomic E-state index is 12.7. The number of phenols is 1. The van der Waals surface area contributed by atoms with Gasteiger partial charge in [-0.15, -0.1) is 0 Å². The van der Waals surface area contributed by atoms with Crippen molar-refractivity contribution >= 4 is 11.9 Å². The van der Waals surface area contributed by atoms with E-state index in [1.54, 1.807) is 18.2 Å². The number of hydrogen-bond acceptors (Lipinski definition) is 4. The molecule has 0 radical (unpaired) electrons. The summed E-state index contributed by atoms with van der Waals surface area (Å²) in [6.07, 6.45) is 1.69. The van der Waals surface area contributed by atoms with Crippen molar-refractivity contribution in [3.63, 3.8) is 0 Å². The van der Waals surface area contributed by atoms with Crippen LogP contribution in [0.4, 0.5) is 0 Å². The van der Waals surface area contributed by atoms with Crippen LogP contribution in [0, 0.1) is 0 Å². The predicted molar refractivity (Wildman–Crippen MR) is 95.2 cm³/mol. The Morgan fingerprint density at radius 3 is 2.68 bits per heavy atom. The largest absolute Gasteiger partial charge is 0.507 e. The Morgan fingerprint density at radius 1 is 1.20 bits per heavy atom. The Bertz CT molecular complexity index is 840. The van der Waals surface area contributed by atoms with Gasteiger partial charge < -0.3 is 19.5 Å². The number of allylic oxidation sites excluding steroid dienone is 1. The van der Waals surface area contributed by atoms with Crippen LogP contribution in [0.25, 0.3) is 6.08 Å². The van der Waals surface area contributed by atoms with Gasteiger partial charge >= 0.3 is 0 Å². The van der Waals surface area contributed by atoms with Crippen molar-refractivity contribution in [1.29, 1.82) is 0 Å². The van der Waals surface area contributed by atoms with Crippen LogP contribution < -0.4 is 14.4 Å². The van der Waals surface area contributed by atoms with Gasteiger partial charge in [-0.25, -0.2) is 0 Å². The Kier molecular flexibility index (Phi) is 4.76. The molecule has 1 heterocycles. The summed E-state index contributed by atoms with van der Waals surface area (Å²) in [5.41, 5.74) is 1.91. The SMILES string of the molecule is CCOc1ccccc1/C=C1\Oc2c(ccc(O)c2C[NH+](C)C)C1=O. The lowest BCUT2D eigenvalue weighted by atomic mass is 10.0. The predicted octanol–water partition coefficient (Wildman–Crippen LogP) is 2.05. The second-order valence-corrected chi connectivity index (χ2v) is 6.23. The highest BCUT2D eigenvalue weighted by atomic mass is 16.5. The molecule has 0 unspecified atom stereocenters. The van der Waals surface area contributed by atoms with E-state index in [0.29, 0.717) is 35.8 Å². The molecule has 5 nitrogen and oxygen atoms in total. The molecular weight excluding hydrogens is 318 g/mol. The van der Waals surface area contributed by atoms with Crippen molar-refractivity contribution in [2.45, 2.75) is 13.5 Å². The molecular formula is C20H22NO4+. The maximum Gasteiger partial charge on any atom is 0.231 e. The van der Waals surface area contributed by atoms with Crippen molar-refractivity contribution in [2.75, 3.05) is 20.7 Å². The molecule has 0 atom stereocenters. The number of quaternary nitrogens is 1. The number of ketones is 1. The molecule has 0 aromatic heterocycles. The number of carbonyl (C=O) groups excluding carboxylic acids is 1. The highest BCUT2D eigenvalue weighted by Gasteiger charge is 2.32. The van der Waals surface area contributed by atoms with Crippen LogP contribution in [0.15, 0.2) is 42.2 Å². The highest BCUT2D eigenvalue weighted by molar-refractivity contribution is 6.15. The second-order valence-electron chi connectivity index (χ2n) is 6.23. The van der Waals surface area contributed by atoms with Gasteiger partial charge in [-0.3, -0.25) is 4.79 Å². The second kappa shape index (κ2) is 6.99. The van der Waals surface area contributed by atoms with Gasteiger partial charge in [0.25, 0.3) is 0 Å². The van der Waals surface area contributed by atoms with Gasteiger partial charge in [0.2, 0.25) is 5.78 Å². The summed E-state index contributed by atoms with van der Waals surface area (Å²) in [7, 11) is 3.95. The van der Waals surface area contributed by atoms with E-state index in [-0.39, 0.29) is 17.3 Å². The summed E-state index contributed by atoms with van der Waals surface area (Å²) in [6.45, 7) is 3.01. The fraction of sp³-hybridized carbons (Fsp3) is 0.250. The van der Waals surface area contributed by atoms with Crippen LogP contribution in [-0.2, 0) is 6.54 Å². The van der Waals surface area contributed by atoms with Crippen molar-refractivity contribution < 1.29 is 24.3 Å². The lowest BCUT2D eigenvalue weighted by molar-refractivity contribution is -0.872. The summed E-state index contributed by atoms with van der Waals surface area (Å²) >= 11 is 0. The molecule has 1 aliphatic rings. The van der Waals surface area contributed by atoms with Crippen LogP contribution >= 0.6 is 0 Å². The third-order valence-corrected chi connectivity index (χ3v) is 3.95. The lowest BCUT2D eigenvalue weighted by Crippen LogP contribution is -3.04. The highest BCUT2D eigenvalue weighted by Crippen LogP contribution is 2.39. The van der Waals surface area contributed by atoms with E-state index in [1.165, 1.54) is 0 Å². The average Bonchev–Trinajstić information content (AvgIpc) is 2.88.